The van der Waals surface area contributed by atoms with Crippen LogP contribution in [0.25, 0.3) is 0 Å². The first kappa shape index (κ1) is 23.5. The topological polar surface area (TPSA) is 94.5 Å². The molecule has 0 aromatic carbocycles. The molecule has 0 amide bonds. The van der Waals surface area contributed by atoms with Crippen LogP contribution in [0.4, 0.5) is 0 Å². The number of hydrogen-bond acceptors (Lipinski definition) is 7. The largest absolute Gasteiger partial charge is 0.463 e. The van der Waals surface area contributed by atoms with Gasteiger partial charge in [-0.25, -0.2) is 0 Å². The molecule has 2 fully saturated rings. The minimum absolute atomic E-state index is 0.208. The smallest absolute Gasteiger partial charge is 0.305 e. The zero-order chi connectivity index (χ0) is 20.6. The van der Waals surface area contributed by atoms with E-state index in [9.17, 15) is 15.0 Å². The van der Waals surface area contributed by atoms with E-state index in [2.05, 4.69) is 6.92 Å². The number of ether oxygens (including phenoxy) is 4. The highest BCUT2D eigenvalue weighted by atomic mass is 16.8. The Kier molecular flexibility index (Phi) is 9.63. The molecule has 0 aliphatic carbocycles. The second-order valence-corrected chi connectivity index (χ2v) is 8.39. The molecule has 7 nitrogen and oxygen atoms in total. The summed E-state index contributed by atoms with van der Waals surface area (Å²) in [4.78, 5) is 11.8. The minimum Gasteiger partial charge on any atom is -0.463 e. The summed E-state index contributed by atoms with van der Waals surface area (Å²) < 4.78 is 21.8. The Morgan fingerprint density at radius 2 is 1.64 bits per heavy atom. The van der Waals surface area contributed by atoms with Crippen LogP contribution in [-0.4, -0.2) is 59.3 Å². The average molecular weight is 403 g/mol. The van der Waals surface area contributed by atoms with Crippen molar-refractivity contribution < 1.29 is 34.0 Å². The molecule has 2 N–H and O–H groups in total. The van der Waals surface area contributed by atoms with Crippen molar-refractivity contribution in [2.75, 3.05) is 6.61 Å². The number of rotatable bonds is 13. The Bertz CT molecular complexity index is 468. The quantitative estimate of drug-likeness (QED) is 0.361. The van der Waals surface area contributed by atoms with Gasteiger partial charge in [-0.1, -0.05) is 58.3 Å². The SMILES string of the molecule is CCCCCCCCCCCC(=O)OC[C@@H](O)[C@H]1O[C@@H]2OC(C)(C)O[C@@H]2[C@H]1O. The molecule has 28 heavy (non-hydrogen) atoms. The highest BCUT2D eigenvalue weighted by molar-refractivity contribution is 5.69. The molecule has 2 saturated heterocycles. The van der Waals surface area contributed by atoms with Crippen molar-refractivity contribution in [2.24, 2.45) is 0 Å². The van der Waals surface area contributed by atoms with Gasteiger partial charge in [-0.05, 0) is 20.3 Å². The number of hydrogen-bond donors (Lipinski definition) is 2. The van der Waals surface area contributed by atoms with Gasteiger partial charge in [0.25, 0.3) is 0 Å². The molecule has 0 radical (unpaired) electrons. The third kappa shape index (κ3) is 7.26. The van der Waals surface area contributed by atoms with Crippen LogP contribution in [0.1, 0.15) is 85.0 Å². The van der Waals surface area contributed by atoms with E-state index >= 15 is 0 Å². The first-order valence-corrected chi connectivity index (χ1v) is 10.9. The Morgan fingerprint density at radius 3 is 2.25 bits per heavy atom. The van der Waals surface area contributed by atoms with E-state index in [0.29, 0.717) is 6.42 Å². The van der Waals surface area contributed by atoms with Gasteiger partial charge >= 0.3 is 5.97 Å². The van der Waals surface area contributed by atoms with Gasteiger partial charge in [0.15, 0.2) is 12.1 Å². The van der Waals surface area contributed by atoms with Crippen molar-refractivity contribution in [1.82, 2.24) is 0 Å². The standard InChI is InChI=1S/C21H38O7/c1-4-5-6-7-8-9-10-11-12-13-16(23)25-14-15(22)18-17(24)19-20(26-18)28-21(2,3)27-19/h15,17-20,22,24H,4-14H2,1-3H3/t15-,17+,18-,19-,20-/m1/s1. The zero-order valence-corrected chi connectivity index (χ0v) is 17.6. The van der Waals surface area contributed by atoms with E-state index in [0.717, 1.165) is 19.3 Å². The van der Waals surface area contributed by atoms with Crippen LogP contribution in [0, 0.1) is 0 Å². The third-order valence-corrected chi connectivity index (χ3v) is 5.33. The van der Waals surface area contributed by atoms with Gasteiger partial charge in [0, 0.05) is 6.42 Å². The normalized spacial score (nSPS) is 29.6. The second-order valence-electron chi connectivity index (χ2n) is 8.39. The molecule has 2 heterocycles. The van der Waals surface area contributed by atoms with Gasteiger partial charge in [0.2, 0.25) is 0 Å². The number of unbranched alkanes of at least 4 members (excludes halogenated alkanes) is 8. The van der Waals surface area contributed by atoms with Crippen molar-refractivity contribution in [3.05, 3.63) is 0 Å². The molecule has 0 unspecified atom stereocenters. The van der Waals surface area contributed by atoms with Gasteiger partial charge < -0.3 is 29.2 Å². The van der Waals surface area contributed by atoms with Crippen LogP contribution >= 0.6 is 0 Å². The predicted octanol–water partition coefficient (Wildman–Crippen LogP) is 3.05. The van der Waals surface area contributed by atoms with E-state index in [1.807, 2.05) is 0 Å². The average Bonchev–Trinajstić information content (AvgIpc) is 3.11. The van der Waals surface area contributed by atoms with Gasteiger partial charge in [0.05, 0.1) is 0 Å². The number of esters is 1. The van der Waals surface area contributed by atoms with Crippen molar-refractivity contribution in [3.63, 3.8) is 0 Å². The lowest BCUT2D eigenvalue weighted by atomic mass is 10.1. The molecule has 0 saturated carbocycles. The van der Waals surface area contributed by atoms with Crippen molar-refractivity contribution in [3.8, 4) is 0 Å². The van der Waals surface area contributed by atoms with Crippen LogP contribution in [0.15, 0.2) is 0 Å². The van der Waals surface area contributed by atoms with Crippen LogP contribution in [-0.2, 0) is 23.7 Å². The second kappa shape index (κ2) is 11.5. The predicted molar refractivity (Wildman–Crippen MR) is 104 cm³/mol. The Morgan fingerprint density at radius 1 is 1.04 bits per heavy atom. The van der Waals surface area contributed by atoms with Crippen molar-refractivity contribution in [1.29, 1.82) is 0 Å². The molecular formula is C21H38O7. The third-order valence-electron chi connectivity index (χ3n) is 5.33. The van der Waals surface area contributed by atoms with Crippen molar-refractivity contribution in [2.45, 2.75) is 121 Å². The van der Waals surface area contributed by atoms with Gasteiger partial charge in [-0.2, -0.15) is 0 Å². The number of carbonyl (C=O) groups is 1. The van der Waals surface area contributed by atoms with Gasteiger partial charge in [-0.15, -0.1) is 0 Å². The molecule has 164 valence electrons. The van der Waals surface area contributed by atoms with Crippen LogP contribution < -0.4 is 0 Å². The molecule has 0 aromatic heterocycles. The summed E-state index contributed by atoms with van der Waals surface area (Å²) >= 11 is 0. The summed E-state index contributed by atoms with van der Waals surface area (Å²) in [5.74, 6) is -1.16. The fourth-order valence-electron chi connectivity index (χ4n) is 3.76. The Hall–Kier alpha value is -0.730. The monoisotopic (exact) mass is 402 g/mol. The van der Waals surface area contributed by atoms with E-state index in [1.54, 1.807) is 13.8 Å². The summed E-state index contributed by atoms with van der Waals surface area (Å²) in [6, 6.07) is 0. The fourth-order valence-corrected chi connectivity index (χ4v) is 3.76. The highest BCUT2D eigenvalue weighted by Gasteiger charge is 2.56. The molecule has 0 bridgehead atoms. The van der Waals surface area contributed by atoms with Crippen LogP contribution in [0.5, 0.6) is 0 Å². The molecule has 0 aromatic rings. The van der Waals surface area contributed by atoms with Crippen molar-refractivity contribution >= 4 is 5.97 Å². The number of aliphatic hydroxyl groups is 2. The minimum atomic E-state index is -1.12. The Balaban J connectivity index is 1.52. The fraction of sp³-hybridized carbons (Fsp3) is 0.952. The maximum atomic E-state index is 11.8. The maximum absolute atomic E-state index is 11.8. The first-order chi connectivity index (χ1) is 13.3. The number of fused-ring (bicyclic) bond motifs is 1. The molecular weight excluding hydrogens is 364 g/mol. The van der Waals surface area contributed by atoms with Crippen LogP contribution in [0.3, 0.4) is 0 Å². The van der Waals surface area contributed by atoms with E-state index in [4.69, 9.17) is 18.9 Å². The molecule has 2 aliphatic rings. The zero-order valence-electron chi connectivity index (χ0n) is 17.6. The molecule has 2 aliphatic heterocycles. The van der Waals surface area contributed by atoms with Gasteiger partial charge in [-0.3, -0.25) is 4.79 Å². The summed E-state index contributed by atoms with van der Waals surface area (Å²) in [6.45, 7) is 5.48. The maximum Gasteiger partial charge on any atom is 0.305 e. The van der Waals surface area contributed by atoms with E-state index in [-0.39, 0.29) is 12.6 Å². The highest BCUT2D eigenvalue weighted by Crippen LogP contribution is 2.38. The summed E-state index contributed by atoms with van der Waals surface area (Å²) in [6.07, 6.45) is 6.60. The van der Waals surface area contributed by atoms with Crippen LogP contribution in [0.2, 0.25) is 0 Å². The lowest BCUT2D eigenvalue weighted by Crippen LogP contribution is -2.43. The summed E-state index contributed by atoms with van der Waals surface area (Å²) in [7, 11) is 0. The van der Waals surface area contributed by atoms with Gasteiger partial charge in [0.1, 0.15) is 31.0 Å². The first-order valence-electron chi connectivity index (χ1n) is 10.9. The number of carbonyl (C=O) groups excluding carboxylic acids is 1. The number of aliphatic hydroxyl groups excluding tert-OH is 2. The lowest BCUT2D eigenvalue weighted by molar-refractivity contribution is -0.228. The molecule has 7 heteroatoms. The van der Waals surface area contributed by atoms with E-state index < -0.39 is 36.5 Å². The molecule has 5 atom stereocenters. The van der Waals surface area contributed by atoms with E-state index in [1.165, 1.54) is 38.5 Å². The summed E-state index contributed by atoms with van der Waals surface area (Å²) in [5.41, 5.74) is 0. The molecule has 0 spiro atoms. The molecule has 2 rings (SSSR count). The summed E-state index contributed by atoms with van der Waals surface area (Å²) in [5, 5.41) is 20.5. The lowest BCUT2D eigenvalue weighted by Gasteiger charge is -2.25. The Labute approximate surface area is 168 Å².